The van der Waals surface area contributed by atoms with Crippen molar-refractivity contribution < 1.29 is 14.6 Å². The van der Waals surface area contributed by atoms with Gasteiger partial charge in [-0.05, 0) is 74.4 Å². The number of fused-ring (bicyclic) bond motifs is 1. The van der Waals surface area contributed by atoms with E-state index >= 15 is 0 Å². The van der Waals surface area contributed by atoms with Crippen LogP contribution in [0, 0.1) is 11.8 Å². The van der Waals surface area contributed by atoms with E-state index in [4.69, 9.17) is 10.5 Å². The van der Waals surface area contributed by atoms with Gasteiger partial charge in [0.25, 0.3) is 0 Å². The number of piperidine rings is 1. The summed E-state index contributed by atoms with van der Waals surface area (Å²) in [5.41, 5.74) is 8.57. The minimum atomic E-state index is -0.665. The molecule has 0 radical (unpaired) electrons. The number of methoxy groups -OCH3 is 1. The second kappa shape index (κ2) is 12.2. The first kappa shape index (κ1) is 25.3. The molecule has 0 spiro atoms. The van der Waals surface area contributed by atoms with Gasteiger partial charge in [0, 0.05) is 41.7 Å². The normalized spacial score (nSPS) is 23.1. The lowest BCUT2D eigenvalue weighted by atomic mass is 9.81. The molecule has 0 unspecified atom stereocenters. The molecule has 0 amide bonds. The SMILES string of the molecule is COc1ccc2nccc([C@H](N)CC[C@@H]3CCN(CCSC4CCCCC4)C[C@@H]3C(=O)O)c2c1. The summed E-state index contributed by atoms with van der Waals surface area (Å²) in [6.07, 6.45) is 11.2. The van der Waals surface area contributed by atoms with Crippen LogP contribution in [0.4, 0.5) is 0 Å². The summed E-state index contributed by atoms with van der Waals surface area (Å²) in [5.74, 6) is 1.10. The van der Waals surface area contributed by atoms with E-state index in [9.17, 15) is 9.90 Å². The molecule has 1 aliphatic carbocycles. The number of rotatable bonds is 10. The van der Waals surface area contributed by atoms with Crippen LogP contribution in [0.2, 0.25) is 0 Å². The molecule has 6 nitrogen and oxygen atoms in total. The van der Waals surface area contributed by atoms with Crippen LogP contribution in [0.3, 0.4) is 0 Å². The number of carboxylic acid groups (broad SMARTS) is 1. The molecule has 3 atom stereocenters. The Morgan fingerprint density at radius 1 is 1.26 bits per heavy atom. The van der Waals surface area contributed by atoms with Crippen LogP contribution >= 0.6 is 11.8 Å². The van der Waals surface area contributed by atoms with Crippen molar-refractivity contribution in [3.05, 3.63) is 36.0 Å². The van der Waals surface area contributed by atoms with E-state index in [2.05, 4.69) is 21.6 Å². The second-order valence-electron chi connectivity index (χ2n) is 9.89. The molecule has 7 heteroatoms. The van der Waals surface area contributed by atoms with Crippen LogP contribution in [-0.2, 0) is 4.79 Å². The monoisotopic (exact) mass is 485 g/mol. The zero-order chi connectivity index (χ0) is 23.9. The maximum atomic E-state index is 12.1. The standard InChI is InChI=1S/C27H39N3O3S/c1-33-20-8-10-26-23(17-20)22(11-13-29-26)25(28)9-7-19-12-14-30(18-24(19)27(31)32)15-16-34-21-5-3-2-4-6-21/h8,10-11,13,17,19,21,24-25H,2-7,9,12,14-16,18,28H2,1H3,(H,31,32)/t19-,24+,25-/m1/s1. The minimum absolute atomic E-state index is 0.156. The summed E-state index contributed by atoms with van der Waals surface area (Å²) in [4.78, 5) is 18.9. The van der Waals surface area contributed by atoms with Crippen molar-refractivity contribution in [3.8, 4) is 5.75 Å². The third-order valence-electron chi connectivity index (χ3n) is 7.70. The van der Waals surface area contributed by atoms with Gasteiger partial charge in [0.2, 0.25) is 0 Å². The Morgan fingerprint density at radius 3 is 2.85 bits per heavy atom. The molecular formula is C27H39N3O3S. The molecule has 1 aromatic heterocycles. The highest BCUT2D eigenvalue weighted by Crippen LogP contribution is 2.33. The highest BCUT2D eigenvalue weighted by atomic mass is 32.2. The van der Waals surface area contributed by atoms with Gasteiger partial charge in [0.1, 0.15) is 5.75 Å². The van der Waals surface area contributed by atoms with Crippen molar-refractivity contribution in [2.24, 2.45) is 17.6 Å². The highest BCUT2D eigenvalue weighted by molar-refractivity contribution is 7.99. The van der Waals surface area contributed by atoms with Gasteiger partial charge in [-0.25, -0.2) is 0 Å². The average Bonchev–Trinajstić information content (AvgIpc) is 2.87. The molecule has 0 bridgehead atoms. The summed E-state index contributed by atoms with van der Waals surface area (Å²) in [6.45, 7) is 2.65. The Labute approximate surface area is 207 Å². The molecular weight excluding hydrogens is 446 g/mol. The minimum Gasteiger partial charge on any atom is -0.497 e. The fourth-order valence-electron chi connectivity index (χ4n) is 5.62. The third kappa shape index (κ3) is 6.43. The smallest absolute Gasteiger partial charge is 0.308 e. The van der Waals surface area contributed by atoms with Gasteiger partial charge in [-0.3, -0.25) is 9.78 Å². The van der Waals surface area contributed by atoms with Gasteiger partial charge >= 0.3 is 5.97 Å². The molecule has 1 saturated heterocycles. The van der Waals surface area contributed by atoms with E-state index in [1.54, 1.807) is 13.3 Å². The quantitative estimate of drug-likeness (QED) is 0.483. The van der Waals surface area contributed by atoms with Gasteiger partial charge in [0.05, 0.1) is 18.5 Å². The molecule has 4 rings (SSSR count). The van der Waals surface area contributed by atoms with Crippen LogP contribution in [0.1, 0.15) is 63.0 Å². The first-order chi connectivity index (χ1) is 16.5. The number of carboxylic acids is 1. The highest BCUT2D eigenvalue weighted by Gasteiger charge is 2.34. The van der Waals surface area contributed by atoms with Crippen molar-refractivity contribution in [1.29, 1.82) is 0 Å². The molecule has 1 aliphatic heterocycles. The van der Waals surface area contributed by atoms with Crippen molar-refractivity contribution >= 4 is 28.6 Å². The van der Waals surface area contributed by atoms with E-state index in [1.807, 2.05) is 24.3 Å². The Morgan fingerprint density at radius 2 is 2.09 bits per heavy atom. The first-order valence-electron chi connectivity index (χ1n) is 12.8. The first-order valence-corrected chi connectivity index (χ1v) is 13.8. The van der Waals surface area contributed by atoms with Crippen LogP contribution < -0.4 is 10.5 Å². The molecule has 1 aromatic carbocycles. The van der Waals surface area contributed by atoms with E-state index in [-0.39, 0.29) is 17.9 Å². The van der Waals surface area contributed by atoms with Crippen LogP contribution in [-0.4, -0.2) is 58.7 Å². The largest absolute Gasteiger partial charge is 0.497 e. The number of hydrogen-bond donors (Lipinski definition) is 2. The van der Waals surface area contributed by atoms with Crippen molar-refractivity contribution in [2.45, 2.75) is 62.7 Å². The number of nitrogens with two attached hydrogens (primary N) is 1. The van der Waals surface area contributed by atoms with Gasteiger partial charge in [-0.1, -0.05) is 19.3 Å². The lowest BCUT2D eigenvalue weighted by Crippen LogP contribution is -2.44. The summed E-state index contributed by atoms with van der Waals surface area (Å²) < 4.78 is 5.38. The number of nitrogens with zero attached hydrogens (tertiary/aromatic N) is 2. The summed E-state index contributed by atoms with van der Waals surface area (Å²) in [6, 6.07) is 7.67. The van der Waals surface area contributed by atoms with Gasteiger partial charge in [-0.2, -0.15) is 11.8 Å². The molecule has 1 saturated carbocycles. The van der Waals surface area contributed by atoms with Crippen molar-refractivity contribution in [1.82, 2.24) is 9.88 Å². The Kier molecular flexibility index (Phi) is 9.09. The van der Waals surface area contributed by atoms with Crippen molar-refractivity contribution in [3.63, 3.8) is 0 Å². The van der Waals surface area contributed by atoms with Gasteiger partial charge in [0.15, 0.2) is 0 Å². The number of likely N-dealkylation sites (tertiary alicyclic amines) is 1. The maximum absolute atomic E-state index is 12.1. The molecule has 2 aromatic rings. The number of benzene rings is 1. The van der Waals surface area contributed by atoms with E-state index in [0.717, 1.165) is 65.6 Å². The molecule has 34 heavy (non-hydrogen) atoms. The number of thioether (sulfide) groups is 1. The number of carbonyl (C=O) groups is 1. The maximum Gasteiger partial charge on any atom is 0.308 e. The second-order valence-corrected chi connectivity index (χ2v) is 11.3. The number of aliphatic carboxylic acids is 1. The average molecular weight is 486 g/mol. The van der Waals surface area contributed by atoms with Gasteiger partial charge < -0.3 is 20.5 Å². The summed E-state index contributed by atoms with van der Waals surface area (Å²) in [5, 5.41) is 11.8. The lowest BCUT2D eigenvalue weighted by molar-refractivity contribution is -0.146. The van der Waals surface area contributed by atoms with Crippen LogP contribution in [0.15, 0.2) is 30.5 Å². The third-order valence-corrected chi connectivity index (χ3v) is 9.06. The Bertz CT molecular complexity index is 950. The zero-order valence-corrected chi connectivity index (χ0v) is 21.1. The van der Waals surface area contributed by atoms with E-state index in [0.29, 0.717) is 6.54 Å². The molecule has 186 valence electrons. The lowest BCUT2D eigenvalue weighted by Gasteiger charge is -2.37. The number of ether oxygens (including phenoxy) is 1. The molecule has 2 aliphatic rings. The summed E-state index contributed by atoms with van der Waals surface area (Å²) in [7, 11) is 1.66. The van der Waals surface area contributed by atoms with Gasteiger partial charge in [-0.15, -0.1) is 0 Å². The molecule has 2 heterocycles. The number of aromatic nitrogens is 1. The van der Waals surface area contributed by atoms with E-state index in [1.165, 1.54) is 32.1 Å². The fraction of sp³-hybridized carbons (Fsp3) is 0.630. The zero-order valence-electron chi connectivity index (χ0n) is 20.3. The van der Waals surface area contributed by atoms with Crippen LogP contribution in [0.5, 0.6) is 5.75 Å². The van der Waals surface area contributed by atoms with Crippen LogP contribution in [0.25, 0.3) is 10.9 Å². The topological polar surface area (TPSA) is 88.7 Å². The predicted octanol–water partition coefficient (Wildman–Crippen LogP) is 5.11. The van der Waals surface area contributed by atoms with Crippen molar-refractivity contribution in [2.75, 3.05) is 32.5 Å². The summed E-state index contributed by atoms with van der Waals surface area (Å²) >= 11 is 2.10. The fourth-order valence-corrected chi connectivity index (χ4v) is 6.99. The Balaban J connectivity index is 1.31. The predicted molar refractivity (Wildman–Crippen MR) is 139 cm³/mol. The number of hydrogen-bond acceptors (Lipinski definition) is 6. The van der Waals surface area contributed by atoms with E-state index < -0.39 is 5.97 Å². The Hall–Kier alpha value is -1.83. The molecule has 2 fully saturated rings. The number of pyridine rings is 1. The molecule has 3 N–H and O–H groups in total.